The minimum atomic E-state index is -0.000844. The maximum absolute atomic E-state index is 11.9. The lowest BCUT2D eigenvalue weighted by molar-refractivity contribution is -0.137. The predicted molar refractivity (Wildman–Crippen MR) is 52.8 cm³/mol. The van der Waals surface area contributed by atoms with Gasteiger partial charge in [-0.2, -0.15) is 0 Å². The van der Waals surface area contributed by atoms with Gasteiger partial charge in [-0.25, -0.2) is 0 Å². The minimum absolute atomic E-state index is 0.000844. The molecule has 0 atom stereocenters. The van der Waals surface area contributed by atoms with Crippen LogP contribution in [0.15, 0.2) is 0 Å². The lowest BCUT2D eigenvalue weighted by Crippen LogP contribution is -2.42. The third-order valence-electron chi connectivity index (χ3n) is 3.23. The Kier molecular flexibility index (Phi) is 2.26. The average Bonchev–Trinajstić information content (AvgIpc) is 2.85. The highest BCUT2D eigenvalue weighted by atomic mass is 35.5. The second kappa shape index (κ2) is 3.16. The number of piperidine rings is 1. The van der Waals surface area contributed by atoms with Gasteiger partial charge in [-0.3, -0.25) is 4.79 Å². The van der Waals surface area contributed by atoms with Crippen LogP contribution in [0.1, 0.15) is 32.6 Å². The van der Waals surface area contributed by atoms with E-state index in [4.69, 9.17) is 11.6 Å². The number of hydrogen-bond acceptors (Lipinski definition) is 1. The van der Waals surface area contributed by atoms with Crippen LogP contribution < -0.4 is 0 Å². The van der Waals surface area contributed by atoms with Gasteiger partial charge in [0.25, 0.3) is 0 Å². The molecule has 2 nitrogen and oxygen atoms in total. The molecular formula is C10H16ClNO. The largest absolute Gasteiger partial charge is 0.342 e. The Hall–Kier alpha value is -0.240. The van der Waals surface area contributed by atoms with Crippen LogP contribution in [-0.2, 0) is 4.79 Å². The molecule has 1 aliphatic carbocycles. The summed E-state index contributed by atoms with van der Waals surface area (Å²) in [5.41, 5.74) is -0.000844. The summed E-state index contributed by atoms with van der Waals surface area (Å²) in [5, 5.41) is 0.288. The van der Waals surface area contributed by atoms with Gasteiger partial charge >= 0.3 is 0 Å². The van der Waals surface area contributed by atoms with Crippen LogP contribution in [0.5, 0.6) is 0 Å². The highest BCUT2D eigenvalue weighted by Gasteiger charge is 2.47. The molecule has 3 heteroatoms. The second-order valence-corrected chi connectivity index (χ2v) is 5.14. The van der Waals surface area contributed by atoms with E-state index in [-0.39, 0.29) is 10.8 Å². The van der Waals surface area contributed by atoms with Gasteiger partial charge in [0.15, 0.2) is 0 Å². The fourth-order valence-electron chi connectivity index (χ4n) is 1.83. The zero-order valence-electron chi connectivity index (χ0n) is 8.05. The molecule has 0 bridgehead atoms. The van der Waals surface area contributed by atoms with Crippen molar-refractivity contribution in [2.24, 2.45) is 5.41 Å². The van der Waals surface area contributed by atoms with Gasteiger partial charge in [0.05, 0.1) is 0 Å². The molecule has 1 saturated heterocycles. The van der Waals surface area contributed by atoms with Crippen molar-refractivity contribution in [2.45, 2.75) is 38.0 Å². The molecule has 2 fully saturated rings. The first-order chi connectivity index (χ1) is 6.12. The summed E-state index contributed by atoms with van der Waals surface area (Å²) in [4.78, 5) is 13.9. The van der Waals surface area contributed by atoms with Gasteiger partial charge in [-0.05, 0) is 25.7 Å². The zero-order chi connectivity index (χ0) is 9.47. The van der Waals surface area contributed by atoms with Crippen molar-refractivity contribution in [3.63, 3.8) is 0 Å². The van der Waals surface area contributed by atoms with Crippen molar-refractivity contribution >= 4 is 17.5 Å². The molecule has 13 heavy (non-hydrogen) atoms. The SMILES string of the molecule is CC1(C(=O)N2CCC(Cl)CC2)CC1. The highest BCUT2D eigenvalue weighted by molar-refractivity contribution is 6.20. The highest BCUT2D eigenvalue weighted by Crippen LogP contribution is 2.46. The van der Waals surface area contributed by atoms with E-state index in [1.807, 2.05) is 4.90 Å². The molecule has 0 aromatic rings. The minimum Gasteiger partial charge on any atom is -0.342 e. The fourth-order valence-corrected chi connectivity index (χ4v) is 2.03. The van der Waals surface area contributed by atoms with Crippen molar-refractivity contribution in [1.29, 1.82) is 0 Å². The lowest BCUT2D eigenvalue weighted by atomic mass is 10.0. The molecule has 0 aromatic heterocycles. The van der Waals surface area contributed by atoms with Crippen LogP contribution in [0, 0.1) is 5.41 Å². The summed E-state index contributed by atoms with van der Waals surface area (Å²) in [5.74, 6) is 0.357. The van der Waals surface area contributed by atoms with E-state index < -0.39 is 0 Å². The van der Waals surface area contributed by atoms with E-state index in [0.29, 0.717) is 5.91 Å². The van der Waals surface area contributed by atoms with Crippen molar-refractivity contribution < 1.29 is 4.79 Å². The zero-order valence-corrected chi connectivity index (χ0v) is 8.81. The molecule has 74 valence electrons. The summed E-state index contributed by atoms with van der Waals surface area (Å²) in [6, 6.07) is 0. The Morgan fingerprint density at radius 1 is 1.38 bits per heavy atom. The molecule has 1 heterocycles. The molecule has 1 aliphatic heterocycles. The van der Waals surface area contributed by atoms with E-state index in [9.17, 15) is 4.79 Å². The smallest absolute Gasteiger partial charge is 0.228 e. The Morgan fingerprint density at radius 2 is 1.92 bits per heavy atom. The molecular weight excluding hydrogens is 186 g/mol. The number of hydrogen-bond donors (Lipinski definition) is 0. The molecule has 0 unspecified atom stereocenters. The van der Waals surface area contributed by atoms with Gasteiger partial charge in [0.1, 0.15) is 0 Å². The predicted octanol–water partition coefficient (Wildman–Crippen LogP) is 2.02. The van der Waals surface area contributed by atoms with Gasteiger partial charge in [-0.15, -0.1) is 11.6 Å². The maximum Gasteiger partial charge on any atom is 0.228 e. The number of alkyl halides is 1. The summed E-state index contributed by atoms with van der Waals surface area (Å²) in [7, 11) is 0. The quantitative estimate of drug-likeness (QED) is 0.595. The number of halogens is 1. The van der Waals surface area contributed by atoms with E-state index >= 15 is 0 Å². The Labute approximate surface area is 84.2 Å². The molecule has 0 N–H and O–H groups in total. The van der Waals surface area contributed by atoms with E-state index in [1.165, 1.54) is 0 Å². The van der Waals surface area contributed by atoms with Crippen molar-refractivity contribution in [3.8, 4) is 0 Å². The first-order valence-electron chi connectivity index (χ1n) is 5.05. The van der Waals surface area contributed by atoms with Crippen LogP contribution >= 0.6 is 11.6 Å². The van der Waals surface area contributed by atoms with Crippen LogP contribution in [0.4, 0.5) is 0 Å². The monoisotopic (exact) mass is 201 g/mol. The molecule has 1 saturated carbocycles. The Morgan fingerprint density at radius 3 is 2.38 bits per heavy atom. The van der Waals surface area contributed by atoms with Crippen LogP contribution in [-0.4, -0.2) is 29.3 Å². The number of likely N-dealkylation sites (tertiary alicyclic amines) is 1. The average molecular weight is 202 g/mol. The van der Waals surface area contributed by atoms with Crippen molar-refractivity contribution in [2.75, 3.05) is 13.1 Å². The molecule has 2 rings (SSSR count). The summed E-state index contributed by atoms with van der Waals surface area (Å²) >= 11 is 5.98. The van der Waals surface area contributed by atoms with Crippen molar-refractivity contribution in [1.82, 2.24) is 4.90 Å². The number of amides is 1. The summed E-state index contributed by atoms with van der Waals surface area (Å²) in [6.45, 7) is 3.80. The Bertz CT molecular complexity index is 217. The number of carbonyl (C=O) groups excluding carboxylic acids is 1. The fraction of sp³-hybridized carbons (Fsp3) is 0.900. The van der Waals surface area contributed by atoms with Gasteiger partial charge in [0.2, 0.25) is 5.91 Å². The van der Waals surface area contributed by atoms with Crippen LogP contribution in [0.25, 0.3) is 0 Å². The second-order valence-electron chi connectivity index (χ2n) is 4.53. The summed E-state index contributed by atoms with van der Waals surface area (Å²) < 4.78 is 0. The maximum atomic E-state index is 11.9. The molecule has 0 spiro atoms. The van der Waals surface area contributed by atoms with Crippen LogP contribution in [0.2, 0.25) is 0 Å². The third kappa shape index (κ3) is 1.83. The Balaban J connectivity index is 1.91. The number of nitrogens with zero attached hydrogens (tertiary/aromatic N) is 1. The first kappa shape index (κ1) is 9.32. The van der Waals surface area contributed by atoms with E-state index in [0.717, 1.165) is 38.8 Å². The molecule has 2 aliphatic rings. The van der Waals surface area contributed by atoms with Gasteiger partial charge in [0, 0.05) is 23.9 Å². The lowest BCUT2D eigenvalue weighted by Gasteiger charge is -2.31. The van der Waals surface area contributed by atoms with Crippen molar-refractivity contribution in [3.05, 3.63) is 0 Å². The first-order valence-corrected chi connectivity index (χ1v) is 5.49. The standard InChI is InChI=1S/C10H16ClNO/c1-10(4-5-10)9(13)12-6-2-8(11)3-7-12/h8H,2-7H2,1H3. The van der Waals surface area contributed by atoms with Gasteiger partial charge < -0.3 is 4.90 Å². The normalized spacial score (nSPS) is 27.4. The van der Waals surface area contributed by atoms with E-state index in [1.54, 1.807) is 0 Å². The van der Waals surface area contributed by atoms with E-state index in [2.05, 4.69) is 6.92 Å². The number of rotatable bonds is 1. The molecule has 0 aromatic carbocycles. The third-order valence-corrected chi connectivity index (χ3v) is 3.66. The molecule has 1 amide bonds. The topological polar surface area (TPSA) is 20.3 Å². The van der Waals surface area contributed by atoms with Crippen LogP contribution in [0.3, 0.4) is 0 Å². The number of carbonyl (C=O) groups is 1. The van der Waals surface area contributed by atoms with Gasteiger partial charge in [-0.1, -0.05) is 6.92 Å². The summed E-state index contributed by atoms with van der Waals surface area (Å²) in [6.07, 6.45) is 4.08. The molecule has 0 radical (unpaired) electrons.